The van der Waals surface area contributed by atoms with Gasteiger partial charge in [0.25, 0.3) is 0 Å². The van der Waals surface area contributed by atoms with E-state index in [2.05, 4.69) is 11.4 Å². The molecule has 3 heteroatoms. The highest BCUT2D eigenvalue weighted by Crippen LogP contribution is 2.29. The molecule has 0 radical (unpaired) electrons. The van der Waals surface area contributed by atoms with Crippen molar-refractivity contribution >= 4 is 0 Å². The third kappa shape index (κ3) is 4.19. The number of ether oxygens (including phenoxy) is 1. The monoisotopic (exact) mass is 210 g/mol. The van der Waals surface area contributed by atoms with Crippen molar-refractivity contribution in [2.45, 2.75) is 45.1 Å². The van der Waals surface area contributed by atoms with Crippen LogP contribution in [-0.4, -0.2) is 25.3 Å². The fraction of sp³-hybridized carbons (Fsp3) is 0.917. The Hall–Kier alpha value is -0.590. The normalized spacial score (nSPS) is 20.3. The van der Waals surface area contributed by atoms with Crippen molar-refractivity contribution in [1.82, 2.24) is 5.32 Å². The molecule has 1 saturated carbocycles. The van der Waals surface area contributed by atoms with Gasteiger partial charge >= 0.3 is 0 Å². The van der Waals surface area contributed by atoms with Gasteiger partial charge in [-0.15, -0.1) is 0 Å². The smallest absolute Gasteiger partial charge is 0.127 e. The van der Waals surface area contributed by atoms with Gasteiger partial charge < -0.3 is 4.74 Å². The quantitative estimate of drug-likeness (QED) is 0.654. The van der Waals surface area contributed by atoms with Gasteiger partial charge in [0, 0.05) is 6.61 Å². The highest BCUT2D eigenvalue weighted by Gasteiger charge is 2.23. The van der Waals surface area contributed by atoms with E-state index >= 15 is 0 Å². The Balaban J connectivity index is 2.08. The predicted molar refractivity (Wildman–Crippen MR) is 60.5 cm³/mol. The maximum absolute atomic E-state index is 8.99. The number of nitrogens with zero attached hydrogens (tertiary/aromatic N) is 1. The molecule has 0 bridgehead atoms. The van der Waals surface area contributed by atoms with Gasteiger partial charge in [0.2, 0.25) is 0 Å². The summed E-state index contributed by atoms with van der Waals surface area (Å²) in [6.07, 6.45) is 5.28. The molecule has 1 aliphatic carbocycles. The maximum atomic E-state index is 8.99. The maximum Gasteiger partial charge on any atom is 0.127 e. The Morgan fingerprint density at radius 2 is 2.27 bits per heavy atom. The summed E-state index contributed by atoms with van der Waals surface area (Å²) in [6, 6.07) is 2.26. The number of hydrogen-bond donors (Lipinski definition) is 1. The van der Waals surface area contributed by atoms with E-state index in [9.17, 15) is 0 Å². The van der Waals surface area contributed by atoms with Gasteiger partial charge in [-0.25, -0.2) is 0 Å². The lowest BCUT2D eigenvalue weighted by molar-refractivity contribution is 0.0766. The van der Waals surface area contributed by atoms with Crippen LogP contribution < -0.4 is 5.32 Å². The molecule has 1 fully saturated rings. The number of likely N-dealkylation sites (N-methyl/N-ethyl adjacent to an activating group) is 1. The highest BCUT2D eigenvalue weighted by molar-refractivity contribution is 5.03. The Labute approximate surface area is 92.8 Å². The van der Waals surface area contributed by atoms with Gasteiger partial charge in [-0.05, 0) is 25.8 Å². The van der Waals surface area contributed by atoms with Crippen LogP contribution in [0.2, 0.25) is 0 Å². The zero-order valence-electron chi connectivity index (χ0n) is 9.88. The minimum absolute atomic E-state index is 0.490. The topological polar surface area (TPSA) is 45.0 Å². The zero-order chi connectivity index (χ0) is 11.1. The average molecular weight is 210 g/mol. The van der Waals surface area contributed by atoms with Crippen molar-refractivity contribution in [3.8, 4) is 6.07 Å². The molecule has 1 atom stereocenters. The van der Waals surface area contributed by atoms with Crippen molar-refractivity contribution in [2.24, 2.45) is 5.92 Å². The Morgan fingerprint density at radius 1 is 1.53 bits per heavy atom. The highest BCUT2D eigenvalue weighted by atomic mass is 16.5. The molecule has 0 heterocycles. The fourth-order valence-corrected chi connectivity index (χ4v) is 1.82. The largest absolute Gasteiger partial charge is 0.378 e. The van der Waals surface area contributed by atoms with E-state index in [0.29, 0.717) is 6.61 Å². The molecule has 0 aromatic heterocycles. The molecule has 0 aromatic carbocycles. The molecule has 3 nitrogen and oxygen atoms in total. The lowest BCUT2D eigenvalue weighted by Gasteiger charge is -2.26. The standard InChI is InChI=1S/C12H22N2O/c1-3-14-12(2,9-13)10-15-8-7-11-5-4-6-11/h11,14H,3-8,10H2,1-2H3. The third-order valence-corrected chi connectivity index (χ3v) is 3.10. The van der Waals surface area contributed by atoms with Crippen molar-refractivity contribution in [2.75, 3.05) is 19.8 Å². The Kier molecular flexibility index (Phi) is 5.07. The second kappa shape index (κ2) is 6.09. The number of hydrogen-bond acceptors (Lipinski definition) is 3. The zero-order valence-corrected chi connectivity index (χ0v) is 9.88. The van der Waals surface area contributed by atoms with Gasteiger partial charge in [-0.1, -0.05) is 26.2 Å². The summed E-state index contributed by atoms with van der Waals surface area (Å²) in [6.45, 7) is 5.98. The van der Waals surface area contributed by atoms with Crippen molar-refractivity contribution in [3.05, 3.63) is 0 Å². The van der Waals surface area contributed by atoms with Crippen molar-refractivity contribution in [3.63, 3.8) is 0 Å². The van der Waals surface area contributed by atoms with Crippen LogP contribution in [0.1, 0.15) is 39.5 Å². The second-order valence-corrected chi connectivity index (χ2v) is 4.61. The molecular weight excluding hydrogens is 188 g/mol. The van der Waals surface area contributed by atoms with E-state index < -0.39 is 5.54 Å². The number of nitrogens with one attached hydrogen (secondary N) is 1. The molecule has 0 spiro atoms. The van der Waals surface area contributed by atoms with Gasteiger partial charge in [-0.2, -0.15) is 5.26 Å². The summed E-state index contributed by atoms with van der Waals surface area (Å²) in [5, 5.41) is 12.1. The van der Waals surface area contributed by atoms with Crippen LogP contribution in [0, 0.1) is 17.2 Å². The van der Waals surface area contributed by atoms with Gasteiger partial charge in [0.05, 0.1) is 12.7 Å². The van der Waals surface area contributed by atoms with Crippen LogP contribution in [0.4, 0.5) is 0 Å². The van der Waals surface area contributed by atoms with E-state index in [1.807, 2.05) is 13.8 Å². The van der Waals surface area contributed by atoms with Crippen LogP contribution in [0.3, 0.4) is 0 Å². The van der Waals surface area contributed by atoms with Crippen molar-refractivity contribution in [1.29, 1.82) is 5.26 Å². The molecule has 86 valence electrons. The van der Waals surface area contributed by atoms with E-state index in [4.69, 9.17) is 10.00 Å². The molecule has 15 heavy (non-hydrogen) atoms. The third-order valence-electron chi connectivity index (χ3n) is 3.10. The minimum atomic E-state index is -0.519. The summed E-state index contributed by atoms with van der Waals surface area (Å²) in [5.41, 5.74) is -0.519. The van der Waals surface area contributed by atoms with E-state index in [0.717, 1.165) is 25.5 Å². The summed E-state index contributed by atoms with van der Waals surface area (Å²) >= 11 is 0. The van der Waals surface area contributed by atoms with Gasteiger partial charge in [-0.3, -0.25) is 5.32 Å². The van der Waals surface area contributed by atoms with Gasteiger partial charge in [0.15, 0.2) is 0 Å². The first-order chi connectivity index (χ1) is 7.20. The van der Waals surface area contributed by atoms with Crippen LogP contribution in [0.5, 0.6) is 0 Å². The lowest BCUT2D eigenvalue weighted by Crippen LogP contribution is -2.45. The molecule has 1 rings (SSSR count). The van der Waals surface area contributed by atoms with Crippen LogP contribution in [0.15, 0.2) is 0 Å². The predicted octanol–water partition coefficient (Wildman–Crippen LogP) is 2.08. The number of nitriles is 1. The van der Waals surface area contributed by atoms with Crippen molar-refractivity contribution < 1.29 is 4.74 Å². The summed E-state index contributed by atoms with van der Waals surface area (Å²) in [7, 11) is 0. The molecule has 1 N–H and O–H groups in total. The first-order valence-corrected chi connectivity index (χ1v) is 5.94. The molecule has 0 aromatic rings. The molecule has 0 amide bonds. The minimum Gasteiger partial charge on any atom is -0.378 e. The first kappa shape index (κ1) is 12.5. The molecule has 1 aliphatic rings. The average Bonchev–Trinajstić information content (AvgIpc) is 2.15. The second-order valence-electron chi connectivity index (χ2n) is 4.61. The molecular formula is C12H22N2O. The summed E-state index contributed by atoms with van der Waals surface area (Å²) in [5.74, 6) is 0.887. The van der Waals surface area contributed by atoms with Crippen LogP contribution in [0.25, 0.3) is 0 Å². The van der Waals surface area contributed by atoms with E-state index in [1.165, 1.54) is 19.3 Å². The summed E-state index contributed by atoms with van der Waals surface area (Å²) in [4.78, 5) is 0. The Morgan fingerprint density at radius 3 is 2.73 bits per heavy atom. The SMILES string of the molecule is CCNC(C)(C#N)COCCC1CCC1. The number of rotatable bonds is 7. The molecule has 1 unspecified atom stereocenters. The van der Waals surface area contributed by atoms with E-state index in [1.54, 1.807) is 0 Å². The Bertz CT molecular complexity index is 220. The molecule has 0 aliphatic heterocycles. The molecule has 0 saturated heterocycles. The lowest BCUT2D eigenvalue weighted by atomic mass is 9.83. The van der Waals surface area contributed by atoms with E-state index in [-0.39, 0.29) is 0 Å². The van der Waals surface area contributed by atoms with Crippen LogP contribution >= 0.6 is 0 Å². The van der Waals surface area contributed by atoms with Gasteiger partial charge in [0.1, 0.15) is 5.54 Å². The fourth-order valence-electron chi connectivity index (χ4n) is 1.82. The summed E-state index contributed by atoms with van der Waals surface area (Å²) < 4.78 is 5.56. The van der Waals surface area contributed by atoms with Crippen LogP contribution in [-0.2, 0) is 4.74 Å². The first-order valence-electron chi connectivity index (χ1n) is 5.94.